The minimum Gasteiger partial charge on any atom is -0.481 e. The van der Waals surface area contributed by atoms with Crippen molar-refractivity contribution < 1.29 is 27.7 Å². The van der Waals surface area contributed by atoms with Crippen LogP contribution in [0.25, 0.3) is 0 Å². The third kappa shape index (κ3) is 3.98. The average molecular weight is 423 g/mol. The van der Waals surface area contributed by atoms with E-state index in [0.717, 1.165) is 37.1 Å². The lowest BCUT2D eigenvalue weighted by Crippen LogP contribution is -2.45. The molecule has 3 fully saturated rings. The van der Waals surface area contributed by atoms with Crippen molar-refractivity contribution >= 4 is 21.9 Å². The van der Waals surface area contributed by atoms with Gasteiger partial charge in [-0.2, -0.15) is 8.42 Å². The summed E-state index contributed by atoms with van der Waals surface area (Å²) in [4.78, 5) is 28.1. The normalized spacial score (nSPS) is 32.6. The topological polar surface area (TPSA) is 115 Å². The van der Waals surface area contributed by atoms with Crippen LogP contribution in [0, 0.1) is 17.8 Å². The van der Waals surface area contributed by atoms with Gasteiger partial charge in [0.2, 0.25) is 0 Å². The second-order valence-electron chi connectivity index (χ2n) is 8.51. The number of nitrogens with zero attached hydrogens (tertiary/aromatic N) is 2. The van der Waals surface area contributed by atoms with Gasteiger partial charge >= 0.3 is 5.97 Å². The molecule has 8 nitrogen and oxygen atoms in total. The van der Waals surface area contributed by atoms with Gasteiger partial charge in [0.05, 0.1) is 18.7 Å². The van der Waals surface area contributed by atoms with Gasteiger partial charge in [0.15, 0.2) is 5.78 Å². The lowest BCUT2D eigenvalue weighted by atomic mass is 9.79. The van der Waals surface area contributed by atoms with Gasteiger partial charge in [-0.1, -0.05) is 12.8 Å². The molecule has 5 aliphatic heterocycles. The van der Waals surface area contributed by atoms with Gasteiger partial charge in [-0.15, -0.1) is 0 Å². The van der Waals surface area contributed by atoms with E-state index in [2.05, 4.69) is 28.0 Å². The Balaban J connectivity index is 0.000000369. The van der Waals surface area contributed by atoms with E-state index in [1.54, 1.807) is 0 Å². The van der Waals surface area contributed by atoms with Crippen LogP contribution in [0.2, 0.25) is 0 Å². The van der Waals surface area contributed by atoms with Crippen LogP contribution in [0.1, 0.15) is 32.1 Å². The standard InChI is InChI=1S/C19H22N2O3.CH4O3S/c22-18-10-20-12-5-11(18)6-13(20)8-14(7-12)21-9-16(19(23)24)15-3-1-2-4-17(15)21;1-5(2,3)4/h5,7-8,11,15-17H,1-4,6,9-10H2,(H,23,24);1H3,(H,2,3,4)/t11-,15?,16?,17?;/m1./s1. The molecule has 4 atom stereocenters. The number of aliphatic carboxylic acids is 1. The van der Waals surface area contributed by atoms with Crippen molar-refractivity contribution in [2.24, 2.45) is 17.8 Å². The van der Waals surface area contributed by atoms with Crippen molar-refractivity contribution in [3.8, 4) is 0 Å². The van der Waals surface area contributed by atoms with Crippen LogP contribution in [0.15, 0.2) is 35.3 Å². The number of carboxylic acids is 1. The molecule has 9 heteroatoms. The maximum absolute atomic E-state index is 11.9. The smallest absolute Gasteiger partial charge is 0.308 e. The van der Waals surface area contributed by atoms with E-state index in [4.69, 9.17) is 4.55 Å². The maximum Gasteiger partial charge on any atom is 0.308 e. The first-order valence-corrected chi connectivity index (χ1v) is 11.8. The van der Waals surface area contributed by atoms with Crippen LogP contribution in [0.4, 0.5) is 0 Å². The molecule has 0 spiro atoms. The third-order valence-corrected chi connectivity index (χ3v) is 6.54. The van der Waals surface area contributed by atoms with Crippen LogP contribution in [-0.4, -0.2) is 65.0 Å². The van der Waals surface area contributed by atoms with Gasteiger partial charge in [-0.3, -0.25) is 14.1 Å². The number of ketones is 1. The second-order valence-corrected chi connectivity index (χ2v) is 9.97. The fourth-order valence-corrected chi connectivity index (χ4v) is 5.36. The summed E-state index contributed by atoms with van der Waals surface area (Å²) in [5, 5.41) is 9.63. The number of Topliss-reactive ketones (excluding diaryl/α,β-unsaturated/α-hetero) is 1. The molecule has 5 heterocycles. The lowest BCUT2D eigenvalue weighted by molar-refractivity contribution is -0.142. The number of carbonyl (C=O) groups is 2. The molecule has 3 unspecified atom stereocenters. The fourth-order valence-electron chi connectivity index (χ4n) is 5.36. The zero-order valence-corrected chi connectivity index (χ0v) is 17.1. The lowest BCUT2D eigenvalue weighted by Gasteiger charge is -2.44. The van der Waals surface area contributed by atoms with E-state index in [-0.39, 0.29) is 17.8 Å². The Morgan fingerprint density at radius 1 is 1.17 bits per heavy atom. The molecule has 2 N–H and O–H groups in total. The van der Waals surface area contributed by atoms with Crippen molar-refractivity contribution in [2.75, 3.05) is 19.3 Å². The summed E-state index contributed by atoms with van der Waals surface area (Å²) in [5.41, 5.74) is 3.51. The first-order chi connectivity index (χ1) is 13.6. The van der Waals surface area contributed by atoms with Crippen LogP contribution in [0.3, 0.4) is 0 Å². The van der Waals surface area contributed by atoms with E-state index >= 15 is 0 Å². The van der Waals surface area contributed by atoms with Crippen molar-refractivity contribution in [2.45, 2.75) is 38.1 Å². The summed E-state index contributed by atoms with van der Waals surface area (Å²) in [5.74, 6) is -0.256. The van der Waals surface area contributed by atoms with E-state index < -0.39 is 16.1 Å². The fraction of sp³-hybridized carbons (Fsp3) is 0.600. The molecule has 1 saturated carbocycles. The highest BCUT2D eigenvalue weighted by Crippen LogP contribution is 2.45. The SMILES string of the molecule is CS(=O)(=O)O.O=C(O)C1CN(C2=CC3=C[C@@H]4CC(=C2)N3CC4=O)C2CCCCC12. The number of carboxylic acid groups (broad SMARTS) is 1. The summed E-state index contributed by atoms with van der Waals surface area (Å²) < 4.78 is 25.9. The summed E-state index contributed by atoms with van der Waals surface area (Å²) in [6.07, 6.45) is 12.4. The van der Waals surface area contributed by atoms with Crippen molar-refractivity contribution in [1.29, 1.82) is 0 Å². The van der Waals surface area contributed by atoms with Crippen molar-refractivity contribution in [3.05, 3.63) is 35.3 Å². The first-order valence-electron chi connectivity index (χ1n) is 9.98. The summed E-state index contributed by atoms with van der Waals surface area (Å²) in [6.45, 7) is 1.12. The van der Waals surface area contributed by atoms with Crippen LogP contribution >= 0.6 is 0 Å². The molecule has 6 rings (SSSR count). The Morgan fingerprint density at radius 2 is 1.86 bits per heavy atom. The van der Waals surface area contributed by atoms with E-state index in [0.29, 0.717) is 31.2 Å². The molecular formula is C20H26N2O6S. The largest absolute Gasteiger partial charge is 0.481 e. The first kappa shape index (κ1) is 20.2. The third-order valence-electron chi connectivity index (χ3n) is 6.54. The van der Waals surface area contributed by atoms with E-state index in [9.17, 15) is 23.1 Å². The number of rotatable bonds is 2. The number of hydrogen-bond acceptors (Lipinski definition) is 6. The Kier molecular flexibility index (Phi) is 5.06. The summed E-state index contributed by atoms with van der Waals surface area (Å²) in [7, 11) is -3.67. The van der Waals surface area contributed by atoms with Gasteiger partial charge in [0, 0.05) is 42.0 Å². The highest BCUT2D eigenvalue weighted by Gasteiger charge is 2.47. The number of carbonyl (C=O) groups excluding carboxylic acids is 1. The van der Waals surface area contributed by atoms with Crippen LogP contribution < -0.4 is 0 Å². The number of allylic oxidation sites excluding steroid dienone is 4. The highest BCUT2D eigenvalue weighted by atomic mass is 32.2. The monoisotopic (exact) mass is 422 g/mol. The predicted molar refractivity (Wildman–Crippen MR) is 105 cm³/mol. The molecule has 29 heavy (non-hydrogen) atoms. The molecule has 4 bridgehead atoms. The zero-order chi connectivity index (χ0) is 20.9. The predicted octanol–water partition coefficient (Wildman–Crippen LogP) is 1.64. The van der Waals surface area contributed by atoms with Gasteiger partial charge in [0.25, 0.3) is 10.1 Å². The molecule has 6 aliphatic rings. The minimum atomic E-state index is -3.67. The van der Waals surface area contributed by atoms with Gasteiger partial charge in [-0.25, -0.2) is 0 Å². The number of hydrogen-bond donors (Lipinski definition) is 2. The number of likely N-dealkylation sites (tertiary alicyclic amines) is 1. The molecule has 1 aliphatic carbocycles. The molecule has 0 radical (unpaired) electrons. The molecule has 0 aromatic carbocycles. The quantitative estimate of drug-likeness (QED) is 0.646. The highest BCUT2D eigenvalue weighted by molar-refractivity contribution is 7.85. The maximum atomic E-state index is 11.9. The molecule has 158 valence electrons. The van der Waals surface area contributed by atoms with Gasteiger partial charge in [0.1, 0.15) is 0 Å². The van der Waals surface area contributed by atoms with Crippen molar-refractivity contribution in [1.82, 2.24) is 9.80 Å². The Bertz CT molecular complexity index is 927. The van der Waals surface area contributed by atoms with Gasteiger partial charge < -0.3 is 14.9 Å². The van der Waals surface area contributed by atoms with Gasteiger partial charge in [-0.05, 0) is 37.0 Å². The Labute approximate surface area is 170 Å². The molecule has 0 aromatic rings. The molecule has 0 aromatic heterocycles. The van der Waals surface area contributed by atoms with Crippen LogP contribution in [-0.2, 0) is 19.7 Å². The Morgan fingerprint density at radius 3 is 2.48 bits per heavy atom. The van der Waals surface area contributed by atoms with Crippen LogP contribution in [0.5, 0.6) is 0 Å². The number of fused-ring (bicyclic) bond motifs is 2. The van der Waals surface area contributed by atoms with E-state index in [1.165, 1.54) is 12.1 Å². The zero-order valence-electron chi connectivity index (χ0n) is 16.3. The Hall–Kier alpha value is -2.13. The molecular weight excluding hydrogens is 396 g/mol. The number of piperidine rings is 1. The minimum absolute atomic E-state index is 0.0434. The summed E-state index contributed by atoms with van der Waals surface area (Å²) >= 11 is 0. The second kappa shape index (κ2) is 7.28. The average Bonchev–Trinajstić information content (AvgIpc) is 3.00. The summed E-state index contributed by atoms with van der Waals surface area (Å²) in [6, 6.07) is 0.358. The van der Waals surface area contributed by atoms with E-state index in [1.807, 2.05) is 0 Å². The van der Waals surface area contributed by atoms with Crippen molar-refractivity contribution in [3.63, 3.8) is 0 Å². The molecule has 2 saturated heterocycles. The molecule has 0 amide bonds.